The zero-order valence-corrected chi connectivity index (χ0v) is 16.9. The van der Waals surface area contributed by atoms with Crippen LogP contribution in [0.5, 0.6) is 0 Å². The van der Waals surface area contributed by atoms with Crippen LogP contribution in [0.2, 0.25) is 5.02 Å². The molecule has 0 bridgehead atoms. The number of thiophene rings is 1. The summed E-state index contributed by atoms with van der Waals surface area (Å²) in [5.41, 5.74) is 8.13. The molecule has 1 heterocycles. The van der Waals surface area contributed by atoms with Crippen LogP contribution >= 0.6 is 22.9 Å². The Morgan fingerprint density at radius 3 is 2.57 bits per heavy atom. The maximum absolute atomic E-state index is 12.7. The van der Waals surface area contributed by atoms with Crippen LogP contribution in [0, 0.1) is 5.92 Å². The Hall–Kier alpha value is -2.18. The summed E-state index contributed by atoms with van der Waals surface area (Å²) in [4.78, 5) is 37.7. The van der Waals surface area contributed by atoms with Crippen LogP contribution in [0.25, 0.3) is 0 Å². The van der Waals surface area contributed by atoms with Gasteiger partial charge in [0, 0.05) is 34.6 Å². The summed E-state index contributed by atoms with van der Waals surface area (Å²) >= 11 is 7.43. The highest BCUT2D eigenvalue weighted by molar-refractivity contribution is 7.17. The number of nitrogens with two attached hydrogens (primary N) is 1. The van der Waals surface area contributed by atoms with Crippen molar-refractivity contribution >= 4 is 45.5 Å². The molecule has 1 saturated carbocycles. The van der Waals surface area contributed by atoms with Gasteiger partial charge in [0.15, 0.2) is 0 Å². The molecule has 0 aliphatic heterocycles. The number of ketones is 1. The van der Waals surface area contributed by atoms with E-state index in [0.717, 1.165) is 35.3 Å². The van der Waals surface area contributed by atoms with E-state index in [1.807, 2.05) is 24.3 Å². The van der Waals surface area contributed by atoms with Gasteiger partial charge in [-0.1, -0.05) is 23.7 Å². The molecule has 3 N–H and O–H groups in total. The fourth-order valence-electron chi connectivity index (χ4n) is 4.29. The second-order valence-corrected chi connectivity index (χ2v) is 9.01. The van der Waals surface area contributed by atoms with Crippen molar-refractivity contribution in [2.24, 2.45) is 11.7 Å². The Morgan fingerprint density at radius 1 is 1.14 bits per heavy atom. The van der Waals surface area contributed by atoms with E-state index in [1.165, 1.54) is 11.3 Å². The molecule has 4 rings (SSSR count). The van der Waals surface area contributed by atoms with Crippen LogP contribution in [0.15, 0.2) is 24.3 Å². The van der Waals surface area contributed by atoms with E-state index in [-0.39, 0.29) is 29.9 Å². The van der Waals surface area contributed by atoms with Gasteiger partial charge in [0.2, 0.25) is 5.91 Å². The molecule has 0 spiro atoms. The van der Waals surface area contributed by atoms with E-state index in [1.54, 1.807) is 0 Å². The predicted molar refractivity (Wildman–Crippen MR) is 110 cm³/mol. The van der Waals surface area contributed by atoms with Gasteiger partial charge >= 0.3 is 0 Å². The highest BCUT2D eigenvalue weighted by atomic mass is 35.5. The zero-order valence-electron chi connectivity index (χ0n) is 15.3. The molecule has 7 heteroatoms. The Balaban J connectivity index is 1.64. The Labute approximate surface area is 172 Å². The van der Waals surface area contributed by atoms with Crippen LogP contribution in [-0.4, -0.2) is 17.6 Å². The zero-order chi connectivity index (χ0) is 19.8. The summed E-state index contributed by atoms with van der Waals surface area (Å²) < 4.78 is 0. The van der Waals surface area contributed by atoms with E-state index < -0.39 is 5.91 Å². The number of primary amides is 1. The molecule has 1 aromatic carbocycles. The second kappa shape index (κ2) is 7.68. The first-order valence-corrected chi connectivity index (χ1v) is 10.7. The number of halogens is 1. The molecule has 28 heavy (non-hydrogen) atoms. The number of Topliss-reactive ketones (excluding diaryl/α,β-unsaturated/α-hetero) is 1. The summed E-state index contributed by atoms with van der Waals surface area (Å²) in [6.07, 6.45) is 3.99. The Kier molecular flexibility index (Phi) is 5.25. The lowest BCUT2D eigenvalue weighted by atomic mass is 9.87. The SMILES string of the molecule is NC(=O)c1c(NC(=O)C2CCCC(=O)C2)sc2c1C(c1ccc(Cl)cc1)CC2. The molecule has 2 aliphatic rings. The number of fused-ring (bicyclic) bond motifs is 1. The van der Waals surface area contributed by atoms with Gasteiger partial charge in [0.05, 0.1) is 5.56 Å². The number of nitrogens with one attached hydrogen (secondary N) is 1. The first-order valence-electron chi connectivity index (χ1n) is 9.47. The van der Waals surface area contributed by atoms with Crippen LogP contribution in [0.4, 0.5) is 5.00 Å². The quantitative estimate of drug-likeness (QED) is 0.779. The number of aryl methyl sites for hydroxylation is 1. The molecular weight excluding hydrogens is 396 g/mol. The van der Waals surface area contributed by atoms with Crippen LogP contribution in [0.1, 0.15) is 64.4 Å². The maximum Gasteiger partial charge on any atom is 0.252 e. The van der Waals surface area contributed by atoms with E-state index in [0.29, 0.717) is 28.4 Å². The second-order valence-electron chi connectivity index (χ2n) is 7.47. The van der Waals surface area contributed by atoms with Crippen molar-refractivity contribution in [3.8, 4) is 0 Å². The summed E-state index contributed by atoms with van der Waals surface area (Å²) in [5, 5.41) is 4.08. The average Bonchev–Trinajstić information content (AvgIpc) is 3.21. The molecule has 0 radical (unpaired) electrons. The molecule has 146 valence electrons. The third-order valence-corrected chi connectivity index (χ3v) is 7.07. The number of anilines is 1. The lowest BCUT2D eigenvalue weighted by molar-refractivity contribution is -0.128. The fraction of sp³-hybridized carbons (Fsp3) is 0.381. The van der Waals surface area contributed by atoms with Crippen molar-refractivity contribution in [3.63, 3.8) is 0 Å². The molecular formula is C21H21ClN2O3S. The largest absolute Gasteiger partial charge is 0.365 e. The number of hydrogen-bond donors (Lipinski definition) is 2. The molecule has 0 saturated heterocycles. The van der Waals surface area contributed by atoms with Crippen molar-refractivity contribution in [1.29, 1.82) is 0 Å². The summed E-state index contributed by atoms with van der Waals surface area (Å²) in [6, 6.07) is 7.62. The van der Waals surface area contributed by atoms with Crippen LogP contribution in [-0.2, 0) is 16.0 Å². The molecule has 2 atom stereocenters. The molecule has 1 fully saturated rings. The Bertz CT molecular complexity index is 951. The van der Waals surface area contributed by atoms with Crippen LogP contribution < -0.4 is 11.1 Å². The predicted octanol–water partition coefficient (Wildman–Crippen LogP) is 4.28. The van der Waals surface area contributed by atoms with Crippen molar-refractivity contribution < 1.29 is 14.4 Å². The molecule has 5 nitrogen and oxygen atoms in total. The number of carbonyl (C=O) groups is 3. The number of benzene rings is 1. The highest BCUT2D eigenvalue weighted by Crippen LogP contribution is 2.47. The lowest BCUT2D eigenvalue weighted by Crippen LogP contribution is -2.28. The highest BCUT2D eigenvalue weighted by Gasteiger charge is 2.35. The summed E-state index contributed by atoms with van der Waals surface area (Å²) in [6.45, 7) is 0. The average molecular weight is 417 g/mol. The standard InChI is InChI=1S/C21H21ClN2O3S/c22-13-6-4-11(5-7-13)15-8-9-16-17(15)18(19(23)26)21(28-16)24-20(27)12-2-1-3-14(25)10-12/h4-7,12,15H,1-3,8-10H2,(H2,23,26)(H,24,27). The Morgan fingerprint density at radius 2 is 1.89 bits per heavy atom. The number of amides is 2. The van der Waals surface area contributed by atoms with Gasteiger partial charge in [-0.3, -0.25) is 14.4 Å². The van der Waals surface area contributed by atoms with Gasteiger partial charge in [0.25, 0.3) is 5.91 Å². The third kappa shape index (κ3) is 3.59. The minimum atomic E-state index is -0.534. The monoisotopic (exact) mass is 416 g/mol. The van der Waals surface area contributed by atoms with Gasteiger partial charge in [0.1, 0.15) is 10.8 Å². The molecule has 2 aliphatic carbocycles. The van der Waals surface area contributed by atoms with E-state index in [9.17, 15) is 14.4 Å². The first-order chi connectivity index (χ1) is 13.4. The third-order valence-electron chi connectivity index (χ3n) is 5.64. The van der Waals surface area contributed by atoms with Gasteiger partial charge in [-0.25, -0.2) is 0 Å². The van der Waals surface area contributed by atoms with Gasteiger partial charge in [-0.15, -0.1) is 11.3 Å². The van der Waals surface area contributed by atoms with Gasteiger partial charge in [-0.2, -0.15) is 0 Å². The van der Waals surface area contributed by atoms with Crippen molar-refractivity contribution in [1.82, 2.24) is 0 Å². The summed E-state index contributed by atoms with van der Waals surface area (Å²) in [5.74, 6) is -0.871. The van der Waals surface area contributed by atoms with Gasteiger partial charge in [-0.05, 0) is 48.9 Å². The molecule has 1 aromatic heterocycles. The molecule has 2 aromatic rings. The number of hydrogen-bond acceptors (Lipinski definition) is 4. The van der Waals surface area contributed by atoms with Crippen molar-refractivity contribution in [3.05, 3.63) is 50.9 Å². The fourth-order valence-corrected chi connectivity index (χ4v) is 5.70. The van der Waals surface area contributed by atoms with E-state index >= 15 is 0 Å². The summed E-state index contributed by atoms with van der Waals surface area (Å²) in [7, 11) is 0. The van der Waals surface area contributed by atoms with Gasteiger partial charge < -0.3 is 11.1 Å². The lowest BCUT2D eigenvalue weighted by Gasteiger charge is -2.20. The minimum Gasteiger partial charge on any atom is -0.365 e. The normalized spacial score (nSPS) is 21.4. The molecule has 2 amide bonds. The topological polar surface area (TPSA) is 89.3 Å². The minimum absolute atomic E-state index is 0.0629. The number of carbonyl (C=O) groups excluding carboxylic acids is 3. The maximum atomic E-state index is 12.7. The van der Waals surface area contributed by atoms with Crippen molar-refractivity contribution in [2.75, 3.05) is 5.32 Å². The number of rotatable bonds is 4. The van der Waals surface area contributed by atoms with Crippen LogP contribution in [0.3, 0.4) is 0 Å². The van der Waals surface area contributed by atoms with Crippen molar-refractivity contribution in [2.45, 2.75) is 44.4 Å². The van der Waals surface area contributed by atoms with E-state index in [4.69, 9.17) is 17.3 Å². The molecule has 2 unspecified atom stereocenters. The van der Waals surface area contributed by atoms with E-state index in [2.05, 4.69) is 5.32 Å². The first kappa shape index (κ1) is 19.2. The smallest absolute Gasteiger partial charge is 0.252 e.